The van der Waals surface area contributed by atoms with E-state index in [-0.39, 0.29) is 18.2 Å². The predicted molar refractivity (Wildman–Crippen MR) is 71.9 cm³/mol. The highest BCUT2D eigenvalue weighted by Gasteiger charge is 2.06. The fraction of sp³-hybridized carbons (Fsp3) is 0. The summed E-state index contributed by atoms with van der Waals surface area (Å²) in [7, 11) is 0. The molecule has 2 nitrogen and oxygen atoms in total. The SMILES string of the molecule is Cl.Oc1cc(Cl)ccc1Oc1ccccc1Cl. The van der Waals surface area contributed by atoms with Crippen LogP contribution in [0.15, 0.2) is 42.5 Å². The van der Waals surface area contributed by atoms with Crippen molar-refractivity contribution in [3.8, 4) is 17.2 Å². The Balaban J connectivity index is 0.00000144. The van der Waals surface area contributed by atoms with Gasteiger partial charge in [0.15, 0.2) is 11.5 Å². The normalized spacial score (nSPS) is 9.53. The van der Waals surface area contributed by atoms with Gasteiger partial charge in [-0.1, -0.05) is 35.3 Å². The van der Waals surface area contributed by atoms with Crippen LogP contribution >= 0.6 is 35.6 Å². The Morgan fingerprint density at radius 2 is 1.65 bits per heavy atom. The van der Waals surface area contributed by atoms with Gasteiger partial charge in [-0.25, -0.2) is 0 Å². The Labute approximate surface area is 115 Å². The molecule has 2 rings (SSSR count). The Morgan fingerprint density at radius 1 is 0.941 bits per heavy atom. The molecular weight excluding hydrogens is 282 g/mol. The smallest absolute Gasteiger partial charge is 0.169 e. The van der Waals surface area contributed by atoms with Crippen molar-refractivity contribution in [2.45, 2.75) is 0 Å². The van der Waals surface area contributed by atoms with E-state index in [1.807, 2.05) is 0 Å². The second-order valence-corrected chi connectivity index (χ2v) is 3.99. The van der Waals surface area contributed by atoms with Gasteiger partial charge in [0.05, 0.1) is 5.02 Å². The molecule has 1 N–H and O–H groups in total. The Morgan fingerprint density at radius 3 is 2.29 bits per heavy atom. The number of para-hydroxylation sites is 1. The maximum Gasteiger partial charge on any atom is 0.169 e. The summed E-state index contributed by atoms with van der Waals surface area (Å²) >= 11 is 11.6. The quantitative estimate of drug-likeness (QED) is 0.851. The first-order valence-electron chi connectivity index (χ1n) is 4.58. The molecule has 2 aromatic carbocycles. The molecule has 0 unspecified atom stereocenters. The molecule has 0 saturated heterocycles. The van der Waals surface area contributed by atoms with Crippen molar-refractivity contribution in [2.75, 3.05) is 0 Å². The van der Waals surface area contributed by atoms with Crippen LogP contribution in [0.2, 0.25) is 10.0 Å². The Bertz CT molecular complexity index is 515. The molecule has 0 spiro atoms. The second kappa shape index (κ2) is 6.01. The van der Waals surface area contributed by atoms with E-state index < -0.39 is 0 Å². The van der Waals surface area contributed by atoms with Gasteiger partial charge in [-0.05, 0) is 24.3 Å². The molecule has 5 heteroatoms. The van der Waals surface area contributed by atoms with Gasteiger partial charge in [0.2, 0.25) is 0 Å². The Kier molecular flexibility index (Phi) is 4.94. The number of aromatic hydroxyl groups is 1. The van der Waals surface area contributed by atoms with Crippen molar-refractivity contribution in [1.82, 2.24) is 0 Å². The molecule has 2 aromatic rings. The molecule has 0 aliphatic heterocycles. The lowest BCUT2D eigenvalue weighted by molar-refractivity contribution is 0.411. The minimum Gasteiger partial charge on any atom is -0.504 e. The number of hydrogen-bond acceptors (Lipinski definition) is 2. The summed E-state index contributed by atoms with van der Waals surface area (Å²) in [5.41, 5.74) is 0. The van der Waals surface area contributed by atoms with E-state index in [1.165, 1.54) is 6.07 Å². The van der Waals surface area contributed by atoms with Crippen molar-refractivity contribution >= 4 is 35.6 Å². The summed E-state index contributed by atoms with van der Waals surface area (Å²) in [4.78, 5) is 0. The van der Waals surface area contributed by atoms with E-state index in [0.717, 1.165) is 0 Å². The van der Waals surface area contributed by atoms with Crippen molar-refractivity contribution in [2.24, 2.45) is 0 Å². The van der Waals surface area contributed by atoms with Gasteiger partial charge in [0, 0.05) is 11.1 Å². The molecule has 17 heavy (non-hydrogen) atoms. The largest absolute Gasteiger partial charge is 0.504 e. The maximum atomic E-state index is 9.59. The molecule has 0 aliphatic carbocycles. The fourth-order valence-corrected chi connectivity index (χ4v) is 1.56. The molecule has 0 saturated carbocycles. The molecule has 0 aliphatic rings. The topological polar surface area (TPSA) is 29.5 Å². The van der Waals surface area contributed by atoms with Crippen LogP contribution in [-0.2, 0) is 0 Å². The summed E-state index contributed by atoms with van der Waals surface area (Å²) in [6.45, 7) is 0. The first-order valence-corrected chi connectivity index (χ1v) is 5.33. The van der Waals surface area contributed by atoms with Gasteiger partial charge in [-0.15, -0.1) is 12.4 Å². The molecule has 0 heterocycles. The number of ether oxygens (including phenoxy) is 1. The van der Waals surface area contributed by atoms with Crippen LogP contribution < -0.4 is 4.74 Å². The Hall–Kier alpha value is -1.09. The third-order valence-electron chi connectivity index (χ3n) is 1.98. The van der Waals surface area contributed by atoms with E-state index in [9.17, 15) is 5.11 Å². The minimum atomic E-state index is -0.0209. The van der Waals surface area contributed by atoms with Gasteiger partial charge in [0.25, 0.3) is 0 Å². The van der Waals surface area contributed by atoms with Crippen LogP contribution in [0.5, 0.6) is 17.2 Å². The molecule has 90 valence electrons. The zero-order valence-corrected chi connectivity index (χ0v) is 10.9. The van der Waals surface area contributed by atoms with Crippen LogP contribution in [0.4, 0.5) is 0 Å². The molecule has 0 atom stereocenters. The number of hydrogen-bond donors (Lipinski definition) is 1. The first-order chi connectivity index (χ1) is 7.66. The molecule has 0 fully saturated rings. The monoisotopic (exact) mass is 290 g/mol. The molecule has 0 aromatic heterocycles. The first kappa shape index (κ1) is 14.0. The highest BCUT2D eigenvalue weighted by molar-refractivity contribution is 6.32. The lowest BCUT2D eigenvalue weighted by atomic mass is 10.3. The van der Waals surface area contributed by atoms with E-state index in [0.29, 0.717) is 21.5 Å². The van der Waals surface area contributed by atoms with Crippen molar-refractivity contribution in [3.63, 3.8) is 0 Å². The maximum absolute atomic E-state index is 9.59. The third kappa shape index (κ3) is 3.43. The van der Waals surface area contributed by atoms with Crippen LogP contribution in [0, 0.1) is 0 Å². The molecule has 0 bridgehead atoms. The summed E-state index contributed by atoms with van der Waals surface area (Å²) in [6, 6.07) is 11.7. The molecule has 0 radical (unpaired) electrons. The highest BCUT2D eigenvalue weighted by Crippen LogP contribution is 2.35. The van der Waals surface area contributed by atoms with Gasteiger partial charge in [-0.2, -0.15) is 0 Å². The zero-order valence-electron chi connectivity index (χ0n) is 8.56. The van der Waals surface area contributed by atoms with E-state index in [4.69, 9.17) is 27.9 Å². The lowest BCUT2D eigenvalue weighted by Crippen LogP contribution is -1.85. The van der Waals surface area contributed by atoms with Crippen LogP contribution in [0.25, 0.3) is 0 Å². The third-order valence-corrected chi connectivity index (χ3v) is 2.52. The number of phenolic OH excluding ortho intramolecular Hbond substituents is 1. The number of rotatable bonds is 2. The van der Waals surface area contributed by atoms with Crippen LogP contribution in [-0.4, -0.2) is 5.11 Å². The average Bonchev–Trinajstić information content (AvgIpc) is 2.25. The van der Waals surface area contributed by atoms with Crippen molar-refractivity contribution in [1.29, 1.82) is 0 Å². The van der Waals surface area contributed by atoms with Crippen LogP contribution in [0.3, 0.4) is 0 Å². The summed E-state index contributed by atoms with van der Waals surface area (Å²) in [5, 5.41) is 10.5. The second-order valence-electron chi connectivity index (χ2n) is 3.14. The summed E-state index contributed by atoms with van der Waals surface area (Å²) < 4.78 is 5.45. The summed E-state index contributed by atoms with van der Waals surface area (Å²) in [5.74, 6) is 0.784. The number of phenols is 1. The van der Waals surface area contributed by atoms with Crippen LogP contribution in [0.1, 0.15) is 0 Å². The molecule has 0 amide bonds. The number of benzene rings is 2. The fourth-order valence-electron chi connectivity index (χ4n) is 1.22. The zero-order chi connectivity index (χ0) is 11.5. The summed E-state index contributed by atoms with van der Waals surface area (Å²) in [6.07, 6.45) is 0. The van der Waals surface area contributed by atoms with Crippen molar-refractivity contribution < 1.29 is 9.84 Å². The number of halogens is 3. The standard InChI is InChI=1S/C12H8Cl2O2.ClH/c13-8-5-6-12(10(15)7-8)16-11-4-2-1-3-9(11)14;/h1-7,15H;1H. The van der Waals surface area contributed by atoms with Gasteiger partial charge in [0.1, 0.15) is 5.75 Å². The van der Waals surface area contributed by atoms with E-state index >= 15 is 0 Å². The van der Waals surface area contributed by atoms with E-state index in [1.54, 1.807) is 36.4 Å². The van der Waals surface area contributed by atoms with E-state index in [2.05, 4.69) is 0 Å². The van der Waals surface area contributed by atoms with Crippen molar-refractivity contribution in [3.05, 3.63) is 52.5 Å². The minimum absolute atomic E-state index is 0. The molecular formula is C12H9Cl3O2. The van der Waals surface area contributed by atoms with Gasteiger partial charge < -0.3 is 9.84 Å². The highest BCUT2D eigenvalue weighted by atomic mass is 35.5. The van der Waals surface area contributed by atoms with Gasteiger partial charge in [-0.3, -0.25) is 0 Å². The predicted octanol–water partition coefficient (Wildman–Crippen LogP) is 4.91. The average molecular weight is 292 g/mol. The lowest BCUT2D eigenvalue weighted by Gasteiger charge is -2.08. The van der Waals surface area contributed by atoms with Gasteiger partial charge >= 0.3 is 0 Å².